The number of benzene rings is 2. The van der Waals surface area contributed by atoms with Gasteiger partial charge in [0.05, 0.1) is 24.6 Å². The van der Waals surface area contributed by atoms with Gasteiger partial charge < -0.3 is 18.8 Å². The Bertz CT molecular complexity index is 1250. The van der Waals surface area contributed by atoms with Gasteiger partial charge in [-0.1, -0.05) is 17.3 Å². The minimum absolute atomic E-state index is 0.410. The summed E-state index contributed by atoms with van der Waals surface area (Å²) in [6, 6.07) is 12.9. The van der Waals surface area contributed by atoms with Gasteiger partial charge in [0, 0.05) is 12.1 Å². The molecule has 0 saturated carbocycles. The summed E-state index contributed by atoms with van der Waals surface area (Å²) >= 11 is 0. The predicted molar refractivity (Wildman–Crippen MR) is 104 cm³/mol. The number of H-pyrrole nitrogens is 1. The van der Waals surface area contributed by atoms with Crippen molar-refractivity contribution < 1.29 is 9.26 Å². The van der Waals surface area contributed by atoms with Crippen molar-refractivity contribution in [2.45, 2.75) is 19.9 Å². The predicted octanol–water partition coefficient (Wildman–Crippen LogP) is 2.36. The van der Waals surface area contributed by atoms with Crippen LogP contribution < -0.4 is 15.9 Å². The molecule has 0 radical (unpaired) electrons. The fraction of sp³-hybridized carbons (Fsp3) is 0.200. The van der Waals surface area contributed by atoms with Crippen LogP contribution in [0.1, 0.15) is 18.4 Å². The number of aromatic amines is 1. The summed E-state index contributed by atoms with van der Waals surface area (Å²) in [4.78, 5) is 30.9. The average molecular weight is 378 g/mol. The van der Waals surface area contributed by atoms with Crippen molar-refractivity contribution in [2.75, 3.05) is 7.11 Å². The van der Waals surface area contributed by atoms with E-state index in [-0.39, 0.29) is 0 Å². The van der Waals surface area contributed by atoms with Gasteiger partial charge in [0.1, 0.15) is 5.75 Å². The normalized spacial score (nSPS) is 11.1. The molecule has 142 valence electrons. The quantitative estimate of drug-likeness (QED) is 0.535. The smallest absolute Gasteiger partial charge is 0.316 e. The number of fused-ring (bicyclic) bond motifs is 1. The zero-order valence-electron chi connectivity index (χ0n) is 15.4. The Labute approximate surface area is 159 Å². The first kappa shape index (κ1) is 17.7. The molecule has 0 fully saturated rings. The number of aryl methyl sites for hydroxylation is 1. The molecule has 1 N–H and O–H groups in total. The lowest BCUT2D eigenvalue weighted by Crippen LogP contribution is -2.35. The summed E-state index contributed by atoms with van der Waals surface area (Å²) < 4.78 is 11.9. The van der Waals surface area contributed by atoms with Crippen molar-refractivity contribution in [3.05, 3.63) is 74.6 Å². The van der Waals surface area contributed by atoms with Crippen molar-refractivity contribution in [3.8, 4) is 17.1 Å². The van der Waals surface area contributed by atoms with Crippen molar-refractivity contribution in [2.24, 2.45) is 0 Å². The molecule has 2 aromatic carbocycles. The molecule has 0 aliphatic rings. The number of ether oxygens (including phenoxy) is 1. The second kappa shape index (κ2) is 7.15. The number of nitrogens with one attached hydrogen (secondary N) is 1. The van der Waals surface area contributed by atoms with Crippen LogP contribution in [0.5, 0.6) is 5.75 Å². The summed E-state index contributed by atoms with van der Waals surface area (Å²) in [6.07, 6.45) is 0.497. The van der Waals surface area contributed by atoms with Gasteiger partial charge in [-0.05, 0) is 42.8 Å². The van der Waals surface area contributed by atoms with Gasteiger partial charge in [-0.2, -0.15) is 4.98 Å². The van der Waals surface area contributed by atoms with E-state index < -0.39 is 11.1 Å². The highest BCUT2D eigenvalue weighted by Crippen LogP contribution is 2.21. The minimum atomic E-state index is -0.653. The third-order valence-electron chi connectivity index (χ3n) is 4.53. The standard InChI is InChI=1S/C20H18N4O4/c1-3-24-16-9-6-13(11-15(16)21-19(25)20(24)26)18-22-17(28-23-18)10-12-4-7-14(27-2)8-5-12/h4-9,11H,3,10H2,1-2H3,(H,21,25). The molecule has 0 atom stereocenters. The highest BCUT2D eigenvalue weighted by molar-refractivity contribution is 5.80. The fourth-order valence-corrected chi connectivity index (χ4v) is 3.09. The number of hydrogen-bond acceptors (Lipinski definition) is 6. The maximum Gasteiger partial charge on any atom is 0.316 e. The number of nitrogens with zero attached hydrogens (tertiary/aromatic N) is 3. The second-order valence-electron chi connectivity index (χ2n) is 6.27. The molecule has 2 heterocycles. The first-order chi connectivity index (χ1) is 13.6. The molecule has 4 rings (SSSR count). The van der Waals surface area contributed by atoms with E-state index in [4.69, 9.17) is 9.26 Å². The Morgan fingerprint density at radius 3 is 2.64 bits per heavy atom. The Morgan fingerprint density at radius 1 is 1.14 bits per heavy atom. The van der Waals surface area contributed by atoms with Crippen molar-refractivity contribution in [3.63, 3.8) is 0 Å². The van der Waals surface area contributed by atoms with Crippen LogP contribution in [-0.4, -0.2) is 26.8 Å². The fourth-order valence-electron chi connectivity index (χ4n) is 3.09. The summed E-state index contributed by atoms with van der Waals surface area (Å²) in [5.74, 6) is 1.68. The minimum Gasteiger partial charge on any atom is -0.497 e. The molecule has 8 heteroatoms. The average Bonchev–Trinajstić information content (AvgIpc) is 3.18. The third-order valence-corrected chi connectivity index (χ3v) is 4.53. The van der Waals surface area contributed by atoms with Crippen LogP contribution in [-0.2, 0) is 13.0 Å². The topological polar surface area (TPSA) is 103 Å². The molecule has 8 nitrogen and oxygen atoms in total. The van der Waals surface area contributed by atoms with E-state index >= 15 is 0 Å². The zero-order valence-corrected chi connectivity index (χ0v) is 15.4. The number of methoxy groups -OCH3 is 1. The molecule has 0 saturated heterocycles. The molecule has 0 aliphatic heterocycles. The van der Waals surface area contributed by atoms with E-state index in [9.17, 15) is 9.59 Å². The second-order valence-corrected chi connectivity index (χ2v) is 6.27. The highest BCUT2D eigenvalue weighted by atomic mass is 16.5. The molecule has 28 heavy (non-hydrogen) atoms. The molecule has 4 aromatic rings. The molecule has 2 aromatic heterocycles. The van der Waals surface area contributed by atoms with Crippen molar-refractivity contribution in [1.82, 2.24) is 19.7 Å². The van der Waals surface area contributed by atoms with E-state index in [1.165, 1.54) is 4.57 Å². The lowest BCUT2D eigenvalue weighted by atomic mass is 10.1. The van der Waals surface area contributed by atoms with E-state index in [1.54, 1.807) is 25.3 Å². The van der Waals surface area contributed by atoms with Crippen LogP contribution in [0.4, 0.5) is 0 Å². The Balaban J connectivity index is 1.66. The highest BCUT2D eigenvalue weighted by Gasteiger charge is 2.12. The number of aromatic nitrogens is 4. The zero-order chi connectivity index (χ0) is 19.7. The lowest BCUT2D eigenvalue weighted by molar-refractivity contribution is 0.385. The summed E-state index contributed by atoms with van der Waals surface area (Å²) in [5.41, 5.74) is 1.69. The van der Waals surface area contributed by atoms with E-state index in [0.717, 1.165) is 11.3 Å². The van der Waals surface area contributed by atoms with Gasteiger partial charge in [-0.15, -0.1) is 0 Å². The van der Waals surface area contributed by atoms with E-state index in [2.05, 4.69) is 15.1 Å². The van der Waals surface area contributed by atoms with Crippen LogP contribution in [0.3, 0.4) is 0 Å². The van der Waals surface area contributed by atoms with Gasteiger partial charge in [0.15, 0.2) is 0 Å². The molecule has 0 aliphatic carbocycles. The maximum atomic E-state index is 12.0. The molecule has 0 bridgehead atoms. The first-order valence-electron chi connectivity index (χ1n) is 8.82. The van der Waals surface area contributed by atoms with E-state index in [1.807, 2.05) is 31.2 Å². The molecule has 0 unspecified atom stereocenters. The summed E-state index contributed by atoms with van der Waals surface area (Å²) in [5, 5.41) is 4.03. The Morgan fingerprint density at radius 2 is 1.93 bits per heavy atom. The van der Waals surface area contributed by atoms with Crippen molar-refractivity contribution >= 4 is 11.0 Å². The van der Waals surface area contributed by atoms with Crippen LogP contribution in [0.15, 0.2) is 56.6 Å². The van der Waals surface area contributed by atoms with Crippen molar-refractivity contribution in [1.29, 1.82) is 0 Å². The van der Waals surface area contributed by atoms with Crippen LogP contribution in [0, 0.1) is 0 Å². The van der Waals surface area contributed by atoms with Gasteiger partial charge in [0.25, 0.3) is 0 Å². The largest absolute Gasteiger partial charge is 0.497 e. The van der Waals surface area contributed by atoms with E-state index in [0.29, 0.717) is 41.3 Å². The molecular weight excluding hydrogens is 360 g/mol. The maximum absolute atomic E-state index is 12.0. The summed E-state index contributed by atoms with van der Waals surface area (Å²) in [6.45, 7) is 2.23. The van der Waals surface area contributed by atoms with Gasteiger partial charge in [-0.3, -0.25) is 9.59 Å². The monoisotopic (exact) mass is 378 g/mol. The number of hydrogen-bond donors (Lipinski definition) is 1. The van der Waals surface area contributed by atoms with Gasteiger partial charge in [-0.25, -0.2) is 0 Å². The Hall–Kier alpha value is -3.68. The third kappa shape index (κ3) is 3.20. The Kier molecular flexibility index (Phi) is 4.52. The SMILES string of the molecule is CCn1c(=O)c(=O)[nH]c2cc(-c3noc(Cc4ccc(OC)cc4)n3)ccc21. The van der Waals surface area contributed by atoms with Crippen LogP contribution >= 0.6 is 0 Å². The lowest BCUT2D eigenvalue weighted by Gasteiger charge is -2.07. The van der Waals surface area contributed by atoms with Crippen LogP contribution in [0.25, 0.3) is 22.4 Å². The molecule has 0 amide bonds. The first-order valence-corrected chi connectivity index (χ1v) is 8.82. The van der Waals surface area contributed by atoms with Crippen LogP contribution in [0.2, 0.25) is 0 Å². The molecule has 0 spiro atoms. The van der Waals surface area contributed by atoms with Gasteiger partial charge in [0.2, 0.25) is 11.7 Å². The van der Waals surface area contributed by atoms with Gasteiger partial charge >= 0.3 is 11.1 Å². The number of rotatable bonds is 5. The summed E-state index contributed by atoms with van der Waals surface area (Å²) in [7, 11) is 1.62. The molecular formula is C20H18N4O4.